The molecule has 1 atom stereocenters. The maximum atomic E-state index is 13.4. The van der Waals surface area contributed by atoms with Crippen LogP contribution in [0.1, 0.15) is 36.1 Å². The maximum absolute atomic E-state index is 13.4. The van der Waals surface area contributed by atoms with Crippen molar-refractivity contribution in [1.82, 2.24) is 4.98 Å². The highest BCUT2D eigenvalue weighted by atomic mass is 35.5. The van der Waals surface area contributed by atoms with E-state index in [9.17, 15) is 14.7 Å². The van der Waals surface area contributed by atoms with Gasteiger partial charge < -0.3 is 9.84 Å². The smallest absolute Gasteiger partial charge is 0.301 e. The van der Waals surface area contributed by atoms with E-state index in [2.05, 4.69) is 4.98 Å². The van der Waals surface area contributed by atoms with E-state index < -0.39 is 17.7 Å². The van der Waals surface area contributed by atoms with Gasteiger partial charge in [-0.05, 0) is 49.2 Å². The fraction of sp³-hybridized carbons (Fsp3) is 0.179. The van der Waals surface area contributed by atoms with E-state index in [4.69, 9.17) is 16.3 Å². The number of carbonyl (C=O) groups excluding carboxylic acids is 2. The lowest BCUT2D eigenvalue weighted by molar-refractivity contribution is -0.132. The number of anilines is 1. The molecule has 1 fully saturated rings. The van der Waals surface area contributed by atoms with Crippen molar-refractivity contribution in [3.05, 3.63) is 94.0 Å². The van der Waals surface area contributed by atoms with Crippen LogP contribution in [0, 0.1) is 6.92 Å². The first-order chi connectivity index (χ1) is 17.4. The van der Waals surface area contributed by atoms with Crippen molar-refractivity contribution in [2.45, 2.75) is 26.3 Å². The van der Waals surface area contributed by atoms with Crippen LogP contribution in [0.5, 0.6) is 5.75 Å². The van der Waals surface area contributed by atoms with E-state index in [1.54, 1.807) is 42.5 Å². The first-order valence-electron chi connectivity index (χ1n) is 11.5. The molecule has 8 heteroatoms. The molecule has 0 bridgehead atoms. The van der Waals surface area contributed by atoms with E-state index in [0.717, 1.165) is 16.7 Å². The maximum Gasteiger partial charge on any atom is 0.301 e. The molecule has 0 saturated carbocycles. The number of thiazole rings is 1. The summed E-state index contributed by atoms with van der Waals surface area (Å²) in [7, 11) is 0. The van der Waals surface area contributed by atoms with Crippen LogP contribution in [-0.4, -0.2) is 28.4 Å². The predicted octanol–water partition coefficient (Wildman–Crippen LogP) is 6.67. The molecule has 6 nitrogen and oxygen atoms in total. The van der Waals surface area contributed by atoms with Gasteiger partial charge in [0.05, 0.1) is 28.4 Å². The number of halogens is 1. The van der Waals surface area contributed by atoms with Crippen molar-refractivity contribution in [2.24, 2.45) is 0 Å². The lowest BCUT2D eigenvalue weighted by atomic mass is 9.95. The molecule has 3 aromatic carbocycles. The number of carbonyl (C=O) groups is 2. The number of aromatic nitrogens is 1. The molecule has 1 aliphatic rings. The summed E-state index contributed by atoms with van der Waals surface area (Å²) in [5.41, 5.74) is 2.80. The van der Waals surface area contributed by atoms with Crippen LogP contribution < -0.4 is 9.64 Å². The molecule has 2 heterocycles. The second-order valence-corrected chi connectivity index (χ2v) is 10.0. The normalized spacial score (nSPS) is 17.2. The van der Waals surface area contributed by atoms with Gasteiger partial charge in [-0.25, -0.2) is 4.98 Å². The van der Waals surface area contributed by atoms with Gasteiger partial charge in [0.25, 0.3) is 5.78 Å². The minimum absolute atomic E-state index is 0.00813. The van der Waals surface area contributed by atoms with E-state index >= 15 is 0 Å². The lowest BCUT2D eigenvalue weighted by Crippen LogP contribution is -2.29. The number of hydrogen-bond acceptors (Lipinski definition) is 6. The summed E-state index contributed by atoms with van der Waals surface area (Å²) in [5.74, 6) is -1.20. The van der Waals surface area contributed by atoms with E-state index in [1.165, 1.54) is 16.2 Å². The zero-order valence-electron chi connectivity index (χ0n) is 19.7. The Morgan fingerprint density at radius 3 is 2.64 bits per heavy atom. The fourth-order valence-electron chi connectivity index (χ4n) is 4.19. The molecule has 0 radical (unpaired) electrons. The van der Waals surface area contributed by atoms with E-state index in [1.807, 2.05) is 38.1 Å². The van der Waals surface area contributed by atoms with Gasteiger partial charge in [-0.2, -0.15) is 0 Å². The molecular weight excluding hydrogens is 496 g/mol. The Morgan fingerprint density at radius 1 is 1.11 bits per heavy atom. The first-order valence-corrected chi connectivity index (χ1v) is 12.7. The summed E-state index contributed by atoms with van der Waals surface area (Å²) in [6.45, 7) is 4.49. The van der Waals surface area contributed by atoms with Gasteiger partial charge in [-0.1, -0.05) is 71.8 Å². The largest absolute Gasteiger partial charge is 0.507 e. The Kier molecular flexibility index (Phi) is 6.51. The topological polar surface area (TPSA) is 79.7 Å². The minimum atomic E-state index is -0.846. The van der Waals surface area contributed by atoms with Crippen LogP contribution in [0.4, 0.5) is 5.13 Å². The zero-order chi connectivity index (χ0) is 25.4. The number of ether oxygens (including phenoxy) is 1. The molecular formula is C28H23ClN2O4S. The number of fused-ring (bicyclic) bond motifs is 1. The number of amides is 1. The highest BCUT2D eigenvalue weighted by Gasteiger charge is 2.48. The third-order valence-electron chi connectivity index (χ3n) is 5.96. The van der Waals surface area contributed by atoms with Crippen molar-refractivity contribution >= 4 is 55.7 Å². The Labute approximate surface area is 217 Å². The Hall–Kier alpha value is -3.68. The zero-order valence-corrected chi connectivity index (χ0v) is 21.3. The lowest BCUT2D eigenvalue weighted by Gasteiger charge is -2.23. The fourth-order valence-corrected chi connectivity index (χ4v) is 5.46. The van der Waals surface area contributed by atoms with Crippen molar-refractivity contribution < 1.29 is 19.4 Å². The standard InChI is InChI=1S/C28H23ClN2O4S/c1-3-13-35-20-6-4-5-18(14-20)25(32)23-24(17-9-7-16(2)8-10-17)31(27(34)26(23)33)28-30-21-12-11-19(29)15-22(21)36-28/h4-12,14-15,24,32H,3,13H2,1-2H3/b25-23+. The highest BCUT2D eigenvalue weighted by molar-refractivity contribution is 7.22. The third-order valence-corrected chi connectivity index (χ3v) is 7.22. The number of Topliss-reactive ketones (excluding diaryl/α,β-unsaturated/α-hetero) is 1. The van der Waals surface area contributed by atoms with Crippen molar-refractivity contribution in [3.63, 3.8) is 0 Å². The van der Waals surface area contributed by atoms with Crippen molar-refractivity contribution in [1.29, 1.82) is 0 Å². The van der Waals surface area contributed by atoms with Gasteiger partial charge in [0.1, 0.15) is 11.5 Å². The number of hydrogen-bond donors (Lipinski definition) is 1. The van der Waals surface area contributed by atoms with Crippen LogP contribution in [-0.2, 0) is 9.59 Å². The van der Waals surface area contributed by atoms with Crippen LogP contribution in [0.2, 0.25) is 5.02 Å². The highest BCUT2D eigenvalue weighted by Crippen LogP contribution is 2.44. The van der Waals surface area contributed by atoms with Crippen LogP contribution in [0.25, 0.3) is 16.0 Å². The SMILES string of the molecule is CCCOc1cccc(/C(O)=C2\C(=O)C(=O)N(c3nc4ccc(Cl)cc4s3)C2c2ccc(C)cc2)c1. The average Bonchev–Trinajstić information content (AvgIpc) is 3.40. The van der Waals surface area contributed by atoms with Crippen LogP contribution in [0.15, 0.2) is 72.3 Å². The van der Waals surface area contributed by atoms with E-state index in [0.29, 0.717) is 39.2 Å². The van der Waals surface area contributed by atoms with Gasteiger partial charge in [0.15, 0.2) is 5.13 Å². The molecule has 1 saturated heterocycles. The molecule has 36 heavy (non-hydrogen) atoms. The van der Waals surface area contributed by atoms with Crippen molar-refractivity contribution in [3.8, 4) is 5.75 Å². The van der Waals surface area contributed by atoms with Gasteiger partial charge in [0, 0.05) is 10.6 Å². The molecule has 5 rings (SSSR count). The van der Waals surface area contributed by atoms with Gasteiger partial charge in [0.2, 0.25) is 0 Å². The number of benzene rings is 3. The number of aliphatic hydroxyl groups is 1. The van der Waals surface area contributed by atoms with Crippen molar-refractivity contribution in [2.75, 3.05) is 11.5 Å². The quantitative estimate of drug-likeness (QED) is 0.175. The summed E-state index contributed by atoms with van der Waals surface area (Å²) in [5, 5.41) is 12.3. The molecule has 1 unspecified atom stereocenters. The molecule has 1 N–H and O–H groups in total. The summed E-state index contributed by atoms with van der Waals surface area (Å²) in [6.07, 6.45) is 0.835. The Bertz CT molecular complexity index is 1510. The second kappa shape index (κ2) is 9.76. The second-order valence-electron chi connectivity index (χ2n) is 8.56. The van der Waals surface area contributed by atoms with Crippen LogP contribution >= 0.6 is 22.9 Å². The molecule has 0 aliphatic carbocycles. The summed E-state index contributed by atoms with van der Waals surface area (Å²) >= 11 is 7.42. The van der Waals surface area contributed by atoms with Crippen LogP contribution in [0.3, 0.4) is 0 Å². The summed E-state index contributed by atoms with van der Waals surface area (Å²) in [6, 6.07) is 18.9. The molecule has 4 aromatic rings. The number of aryl methyl sites for hydroxylation is 1. The van der Waals surface area contributed by atoms with E-state index in [-0.39, 0.29) is 11.3 Å². The monoisotopic (exact) mass is 518 g/mol. The number of nitrogens with zero attached hydrogens (tertiary/aromatic N) is 2. The predicted molar refractivity (Wildman–Crippen MR) is 143 cm³/mol. The Morgan fingerprint density at radius 2 is 1.89 bits per heavy atom. The Balaban J connectivity index is 1.68. The number of ketones is 1. The van der Waals surface area contributed by atoms with Gasteiger partial charge in [-0.15, -0.1) is 0 Å². The minimum Gasteiger partial charge on any atom is -0.507 e. The summed E-state index contributed by atoms with van der Waals surface area (Å²) < 4.78 is 6.49. The van der Waals surface area contributed by atoms with Gasteiger partial charge in [-0.3, -0.25) is 14.5 Å². The summed E-state index contributed by atoms with van der Waals surface area (Å²) in [4.78, 5) is 32.8. The molecule has 182 valence electrons. The van der Waals surface area contributed by atoms with Gasteiger partial charge >= 0.3 is 5.91 Å². The molecule has 1 aliphatic heterocycles. The molecule has 0 spiro atoms. The first kappa shape index (κ1) is 24.0. The molecule has 1 amide bonds. The molecule has 1 aromatic heterocycles. The third kappa shape index (κ3) is 4.36. The number of rotatable bonds is 6. The average molecular weight is 519 g/mol. The number of aliphatic hydroxyl groups excluding tert-OH is 1.